The van der Waals surface area contributed by atoms with E-state index in [0.29, 0.717) is 11.5 Å². The second kappa shape index (κ2) is 9.07. The molecule has 1 fully saturated rings. The van der Waals surface area contributed by atoms with Gasteiger partial charge in [-0.3, -0.25) is 0 Å². The molecule has 2 atom stereocenters. The standard InChI is InChI=1S/C30H24B2F4N2O3/c1-19-23-7-3-5-9-29(23)39-31(25-13-11-21(33)17-27(25)35)37(19)15-16-38-20(2)24-8-4-6-10-30(24)40-32(38,41-31)26-14-12-22(34)18-28(26)36/h3-14,17-18H,15-16H2,1-2H3/t31-,32-/m0/s1. The predicted octanol–water partition coefficient (Wildman–Crippen LogP) is 4.09. The lowest BCUT2D eigenvalue weighted by Gasteiger charge is -2.50. The van der Waals surface area contributed by atoms with E-state index in [0.717, 1.165) is 46.8 Å². The Balaban J connectivity index is 1.59. The van der Waals surface area contributed by atoms with Crippen molar-refractivity contribution in [3.05, 3.63) is 119 Å². The van der Waals surface area contributed by atoms with Gasteiger partial charge >= 0.3 is 13.4 Å². The maximum atomic E-state index is 15.8. The molecule has 0 N–H and O–H groups in total. The van der Waals surface area contributed by atoms with Crippen LogP contribution < -0.4 is 20.2 Å². The van der Waals surface area contributed by atoms with Gasteiger partial charge in [0.25, 0.3) is 0 Å². The Labute approximate surface area is 233 Å². The molecule has 206 valence electrons. The quantitative estimate of drug-likeness (QED) is 0.275. The number of hydrogen-bond donors (Lipinski definition) is 0. The fourth-order valence-corrected chi connectivity index (χ4v) is 6.57. The van der Waals surface area contributed by atoms with Crippen LogP contribution in [0, 0.1) is 23.3 Å². The number of hydrogen-bond acceptors (Lipinski definition) is 3. The van der Waals surface area contributed by atoms with Crippen LogP contribution >= 0.6 is 0 Å². The zero-order valence-electron chi connectivity index (χ0n) is 22.3. The zero-order chi connectivity index (χ0) is 28.5. The van der Waals surface area contributed by atoms with Crippen molar-refractivity contribution in [3.63, 3.8) is 0 Å². The van der Waals surface area contributed by atoms with E-state index in [-0.39, 0.29) is 24.0 Å². The molecule has 7 rings (SSSR count). The minimum atomic E-state index is -3.03. The Hall–Kier alpha value is -4.37. The van der Waals surface area contributed by atoms with Crippen molar-refractivity contribution in [1.29, 1.82) is 0 Å². The van der Waals surface area contributed by atoms with Gasteiger partial charge in [0.2, 0.25) is 0 Å². The first-order valence-electron chi connectivity index (χ1n) is 13.4. The molecule has 3 aliphatic rings. The Bertz CT molecular complexity index is 1700. The predicted molar refractivity (Wildman–Crippen MR) is 149 cm³/mol. The van der Waals surface area contributed by atoms with Gasteiger partial charge < -0.3 is 22.9 Å². The molecule has 4 aromatic rings. The molecule has 0 unspecified atom stereocenters. The first kappa shape index (κ1) is 25.6. The molecular formula is C30H24B2F4N2O3. The Morgan fingerprint density at radius 2 is 1.00 bits per heavy atom. The number of benzene rings is 4. The van der Waals surface area contributed by atoms with Crippen LogP contribution in [0.1, 0.15) is 25.0 Å². The van der Waals surface area contributed by atoms with Crippen LogP contribution in [0.4, 0.5) is 17.6 Å². The summed E-state index contributed by atoms with van der Waals surface area (Å²) < 4.78 is 84.0. The van der Waals surface area contributed by atoms with Gasteiger partial charge in [-0.05, 0) is 47.3 Å². The minimum Gasteiger partial charge on any atom is -0.632 e. The lowest BCUT2D eigenvalue weighted by atomic mass is 9.53. The van der Waals surface area contributed by atoms with E-state index in [1.54, 1.807) is 24.3 Å². The Morgan fingerprint density at radius 1 is 0.585 bits per heavy atom. The van der Waals surface area contributed by atoms with Gasteiger partial charge in [-0.25, -0.2) is 17.6 Å². The molecule has 0 aliphatic carbocycles. The molecule has 41 heavy (non-hydrogen) atoms. The van der Waals surface area contributed by atoms with Crippen LogP contribution in [0.5, 0.6) is 11.5 Å². The number of rotatable bonds is 2. The summed E-state index contributed by atoms with van der Waals surface area (Å²) in [5.74, 6) is -2.49. The fourth-order valence-electron chi connectivity index (χ4n) is 6.57. The summed E-state index contributed by atoms with van der Waals surface area (Å²) in [4.78, 5) is 0. The van der Waals surface area contributed by atoms with Crippen LogP contribution in [-0.2, 0) is 4.57 Å². The summed E-state index contributed by atoms with van der Waals surface area (Å²) in [6.07, 6.45) is 0. The summed E-state index contributed by atoms with van der Waals surface area (Å²) in [6, 6.07) is 20.9. The monoisotopic (exact) mass is 558 g/mol. The average Bonchev–Trinajstić information content (AvgIpc) is 3.09. The lowest BCUT2D eigenvalue weighted by Crippen LogP contribution is -2.77. The molecule has 3 aliphatic heterocycles. The third kappa shape index (κ3) is 3.68. The third-order valence-electron chi connectivity index (χ3n) is 8.47. The van der Waals surface area contributed by atoms with Crippen molar-refractivity contribution < 1.29 is 40.4 Å². The summed E-state index contributed by atoms with van der Waals surface area (Å²) in [5.41, 5.74) is 2.88. The zero-order valence-corrected chi connectivity index (χ0v) is 22.3. The molecule has 0 amide bonds. The first-order chi connectivity index (χ1) is 19.7. The highest BCUT2D eigenvalue weighted by molar-refractivity contribution is 6.88. The van der Waals surface area contributed by atoms with E-state index < -0.39 is 36.6 Å². The van der Waals surface area contributed by atoms with Gasteiger partial charge in [0.05, 0.1) is 22.6 Å². The molecular weight excluding hydrogens is 534 g/mol. The lowest BCUT2D eigenvalue weighted by molar-refractivity contribution is -0.481. The van der Waals surface area contributed by atoms with Crippen LogP contribution in [0.3, 0.4) is 0 Å². The van der Waals surface area contributed by atoms with Gasteiger partial charge in [0.15, 0.2) is 13.1 Å². The van der Waals surface area contributed by atoms with E-state index in [1.165, 1.54) is 12.1 Å². The molecule has 3 heterocycles. The van der Waals surface area contributed by atoms with Crippen molar-refractivity contribution in [2.24, 2.45) is 0 Å². The van der Waals surface area contributed by atoms with E-state index in [4.69, 9.17) is 13.9 Å². The summed E-state index contributed by atoms with van der Waals surface area (Å²) >= 11 is 0. The summed E-state index contributed by atoms with van der Waals surface area (Å²) in [6.45, 7) is -1.80. The molecule has 1 saturated heterocycles. The third-order valence-corrected chi connectivity index (χ3v) is 8.47. The number of fused-ring (bicyclic) bond motifs is 4. The minimum absolute atomic E-state index is 0.0639. The van der Waals surface area contributed by atoms with Crippen molar-refractivity contribution in [2.75, 3.05) is 13.1 Å². The highest BCUT2D eigenvalue weighted by atomic mass is 19.1. The number of para-hydroxylation sites is 2. The van der Waals surface area contributed by atoms with E-state index in [2.05, 4.69) is 0 Å². The maximum absolute atomic E-state index is 15.8. The van der Waals surface area contributed by atoms with Crippen LogP contribution in [-0.4, -0.2) is 46.9 Å². The van der Waals surface area contributed by atoms with Crippen molar-refractivity contribution in [3.8, 4) is 11.5 Å². The highest BCUT2D eigenvalue weighted by Crippen LogP contribution is 2.36. The van der Waals surface area contributed by atoms with Crippen LogP contribution in [0.25, 0.3) is 0 Å². The van der Waals surface area contributed by atoms with E-state index in [1.807, 2.05) is 47.1 Å². The molecule has 0 spiro atoms. The van der Waals surface area contributed by atoms with Crippen molar-refractivity contribution in [2.45, 2.75) is 13.8 Å². The summed E-state index contributed by atoms with van der Waals surface area (Å²) in [7, 11) is 0. The smallest absolute Gasteiger partial charge is 0.593 e. The Morgan fingerprint density at radius 3 is 1.41 bits per heavy atom. The van der Waals surface area contributed by atoms with Crippen molar-refractivity contribution in [1.82, 2.24) is 0 Å². The number of halogens is 4. The van der Waals surface area contributed by atoms with Gasteiger partial charge in [-0.1, -0.05) is 36.4 Å². The average molecular weight is 558 g/mol. The van der Waals surface area contributed by atoms with Gasteiger partial charge in [-0.2, -0.15) is 0 Å². The second-order valence-corrected chi connectivity index (χ2v) is 10.6. The van der Waals surface area contributed by atoms with E-state index in [9.17, 15) is 8.78 Å². The molecule has 0 radical (unpaired) electrons. The summed E-state index contributed by atoms with van der Waals surface area (Å²) in [5, 5.41) is 0. The van der Waals surface area contributed by atoms with Crippen LogP contribution in [0.2, 0.25) is 0 Å². The Kier molecular flexibility index (Phi) is 5.66. The molecule has 0 bridgehead atoms. The molecule has 0 saturated carbocycles. The van der Waals surface area contributed by atoms with Crippen LogP contribution in [0.15, 0.2) is 84.9 Å². The maximum Gasteiger partial charge on any atom is 0.593 e. The normalized spacial score (nSPS) is 23.0. The largest absolute Gasteiger partial charge is 0.632 e. The van der Waals surface area contributed by atoms with Gasteiger partial charge in [0.1, 0.15) is 34.7 Å². The van der Waals surface area contributed by atoms with Crippen molar-refractivity contribution >= 4 is 35.7 Å². The van der Waals surface area contributed by atoms with Gasteiger partial charge in [-0.15, -0.1) is 0 Å². The highest BCUT2D eigenvalue weighted by Gasteiger charge is 2.63. The molecule has 11 heteroatoms. The van der Waals surface area contributed by atoms with Gasteiger partial charge in [0, 0.05) is 26.0 Å². The fraction of sp³-hybridized carbons (Fsp3) is 0.133. The topological polar surface area (TPSA) is 33.7 Å². The van der Waals surface area contributed by atoms with E-state index >= 15 is 8.78 Å². The molecule has 0 aromatic heterocycles. The molecule has 5 nitrogen and oxygen atoms in total. The number of nitrogens with zero attached hydrogens (tertiary/aromatic N) is 2. The first-order valence-corrected chi connectivity index (χ1v) is 13.4. The SMILES string of the molecule is CC1=[N+]2CC[N+]3=C(C)c4ccccc4O[B@@-]3(c3ccc(F)cc3F)O[B@-]2(c2ccc(F)cc2F)Oc2ccccc21. The second-order valence-electron chi connectivity index (χ2n) is 10.6. The molecule has 4 aromatic carbocycles.